The molecule has 2 rings (SSSR count). The number of carbonyl (C=O) groups excluding carboxylic acids is 1. The topological polar surface area (TPSA) is 70.8 Å². The van der Waals surface area contributed by atoms with Crippen molar-refractivity contribution in [2.45, 2.75) is 19.4 Å². The molecule has 0 saturated carbocycles. The van der Waals surface area contributed by atoms with Gasteiger partial charge in [0.2, 0.25) is 0 Å². The Balaban J connectivity index is 2.19. The average Bonchev–Trinajstić information content (AvgIpc) is 2.67. The number of rotatable bonds is 3. The maximum atomic E-state index is 12.4. The zero-order chi connectivity index (χ0) is 14.0. The van der Waals surface area contributed by atoms with Crippen molar-refractivity contribution in [2.75, 3.05) is 18.1 Å². The van der Waals surface area contributed by atoms with Crippen molar-refractivity contribution in [3.8, 4) is 0 Å². The molecule has 5 nitrogen and oxygen atoms in total. The number of carboxylic acid groups (broad SMARTS) is 1. The third kappa shape index (κ3) is 3.33. The van der Waals surface area contributed by atoms with Crippen LogP contribution in [0.5, 0.6) is 0 Å². The number of aliphatic carboxylic acids is 1. The number of furan rings is 1. The minimum Gasteiger partial charge on any atom is -0.481 e. The Kier molecular flexibility index (Phi) is 4.57. The number of thioether (sulfide) groups is 1. The van der Waals surface area contributed by atoms with Crippen molar-refractivity contribution in [2.24, 2.45) is 0 Å². The van der Waals surface area contributed by atoms with E-state index in [1.807, 2.05) is 0 Å². The van der Waals surface area contributed by atoms with Gasteiger partial charge in [0.25, 0.3) is 5.91 Å². The second kappa shape index (κ2) is 6.00. The summed E-state index contributed by atoms with van der Waals surface area (Å²) in [5.74, 6) is 0.647. The van der Waals surface area contributed by atoms with E-state index in [1.165, 1.54) is 0 Å². The molecular weight excluding hydrogens is 334 g/mol. The monoisotopic (exact) mass is 347 g/mol. The molecule has 0 radical (unpaired) electrons. The summed E-state index contributed by atoms with van der Waals surface area (Å²) in [7, 11) is 0. The summed E-state index contributed by atoms with van der Waals surface area (Å²) >= 11 is 4.87. The number of nitrogens with zero attached hydrogens (tertiary/aromatic N) is 1. The molecule has 104 valence electrons. The van der Waals surface area contributed by atoms with E-state index in [-0.39, 0.29) is 24.1 Å². The van der Waals surface area contributed by atoms with E-state index in [0.29, 0.717) is 17.0 Å². The first-order valence-corrected chi connectivity index (χ1v) is 7.80. The van der Waals surface area contributed by atoms with E-state index >= 15 is 0 Å². The van der Waals surface area contributed by atoms with E-state index in [4.69, 9.17) is 9.52 Å². The number of carbonyl (C=O) groups is 2. The Labute approximate surface area is 123 Å². The van der Waals surface area contributed by atoms with Gasteiger partial charge in [0.15, 0.2) is 10.4 Å². The average molecular weight is 348 g/mol. The van der Waals surface area contributed by atoms with Gasteiger partial charge < -0.3 is 14.4 Å². The molecule has 1 amide bonds. The molecule has 1 aromatic rings. The molecule has 1 aromatic heterocycles. The molecule has 0 spiro atoms. The lowest BCUT2D eigenvalue weighted by Crippen LogP contribution is -2.47. The first-order chi connectivity index (χ1) is 8.99. The molecule has 7 heteroatoms. The summed E-state index contributed by atoms with van der Waals surface area (Å²) in [6.45, 7) is 2.35. The molecule has 0 aliphatic carbocycles. The maximum Gasteiger partial charge on any atom is 0.305 e. The molecular formula is C12H14BrNO4S. The molecule has 1 fully saturated rings. The predicted molar refractivity (Wildman–Crippen MR) is 75.5 cm³/mol. The van der Waals surface area contributed by atoms with Crippen LogP contribution in [0.2, 0.25) is 0 Å². The largest absolute Gasteiger partial charge is 0.481 e. The number of halogens is 1. The number of carboxylic acids is 1. The van der Waals surface area contributed by atoms with Gasteiger partial charge in [0.05, 0.1) is 12.5 Å². The predicted octanol–water partition coefficient (Wildman–Crippen LogP) is 2.38. The van der Waals surface area contributed by atoms with Crippen LogP contribution in [0.25, 0.3) is 0 Å². The van der Waals surface area contributed by atoms with Crippen LogP contribution < -0.4 is 0 Å². The zero-order valence-corrected chi connectivity index (χ0v) is 12.8. The summed E-state index contributed by atoms with van der Waals surface area (Å²) in [6, 6.07) is 1.46. The normalized spacial score (nSPS) is 19.5. The van der Waals surface area contributed by atoms with Crippen molar-refractivity contribution in [3.63, 3.8) is 0 Å². The van der Waals surface area contributed by atoms with Crippen LogP contribution in [0, 0.1) is 6.92 Å². The minimum absolute atomic E-state index is 0.0281. The molecule has 19 heavy (non-hydrogen) atoms. The van der Waals surface area contributed by atoms with Crippen molar-refractivity contribution in [1.29, 1.82) is 0 Å². The standard InChI is InChI=1S/C12H14BrNO4S/c1-7-4-9(13)18-11(7)12(17)14-2-3-19-6-8(14)5-10(15)16/h4,8H,2-3,5-6H2,1H3,(H,15,16). The smallest absolute Gasteiger partial charge is 0.305 e. The third-order valence-corrected chi connectivity index (χ3v) is 4.46. The highest BCUT2D eigenvalue weighted by Gasteiger charge is 2.31. The van der Waals surface area contributed by atoms with Crippen LogP contribution in [-0.2, 0) is 4.79 Å². The van der Waals surface area contributed by atoms with Gasteiger partial charge in [-0.05, 0) is 28.9 Å². The van der Waals surface area contributed by atoms with Crippen LogP contribution in [0.4, 0.5) is 0 Å². The van der Waals surface area contributed by atoms with E-state index in [9.17, 15) is 9.59 Å². The van der Waals surface area contributed by atoms with Crippen molar-refractivity contribution in [1.82, 2.24) is 4.90 Å². The number of hydrogen-bond acceptors (Lipinski definition) is 4. The van der Waals surface area contributed by atoms with Gasteiger partial charge in [0, 0.05) is 23.6 Å². The van der Waals surface area contributed by atoms with Crippen LogP contribution in [0.1, 0.15) is 22.5 Å². The molecule has 1 unspecified atom stereocenters. The zero-order valence-electron chi connectivity index (χ0n) is 10.4. The van der Waals surface area contributed by atoms with Crippen LogP contribution >= 0.6 is 27.7 Å². The fourth-order valence-corrected chi connectivity index (χ4v) is 3.65. The van der Waals surface area contributed by atoms with Gasteiger partial charge in [-0.2, -0.15) is 11.8 Å². The third-order valence-electron chi connectivity index (χ3n) is 2.98. The summed E-state index contributed by atoms with van der Waals surface area (Å²) in [5.41, 5.74) is 0.754. The molecule has 0 aromatic carbocycles. The van der Waals surface area contributed by atoms with Crippen LogP contribution in [0.3, 0.4) is 0 Å². The Bertz CT molecular complexity index is 502. The first kappa shape index (κ1) is 14.5. The van der Waals surface area contributed by atoms with Gasteiger partial charge in [-0.3, -0.25) is 9.59 Å². The lowest BCUT2D eigenvalue weighted by atomic mass is 10.1. The van der Waals surface area contributed by atoms with Gasteiger partial charge in [0.1, 0.15) is 0 Å². The highest BCUT2D eigenvalue weighted by atomic mass is 79.9. The van der Waals surface area contributed by atoms with Gasteiger partial charge >= 0.3 is 5.97 Å². The van der Waals surface area contributed by atoms with Gasteiger partial charge in [-0.1, -0.05) is 0 Å². The number of hydrogen-bond donors (Lipinski definition) is 1. The highest BCUT2D eigenvalue weighted by Crippen LogP contribution is 2.25. The number of amides is 1. The van der Waals surface area contributed by atoms with Crippen molar-refractivity contribution < 1.29 is 19.1 Å². The van der Waals surface area contributed by atoms with E-state index < -0.39 is 5.97 Å². The molecule has 1 aliphatic rings. The van der Waals surface area contributed by atoms with E-state index in [2.05, 4.69) is 15.9 Å². The van der Waals surface area contributed by atoms with Crippen molar-refractivity contribution >= 4 is 39.6 Å². The fourth-order valence-electron chi connectivity index (χ4n) is 2.08. The summed E-state index contributed by atoms with van der Waals surface area (Å²) in [6.07, 6.45) is -0.0281. The lowest BCUT2D eigenvalue weighted by molar-refractivity contribution is -0.138. The quantitative estimate of drug-likeness (QED) is 0.908. The Morgan fingerprint density at radius 2 is 2.37 bits per heavy atom. The highest BCUT2D eigenvalue weighted by molar-refractivity contribution is 9.10. The van der Waals surface area contributed by atoms with Crippen LogP contribution in [-0.4, -0.2) is 46.0 Å². The fraction of sp³-hybridized carbons (Fsp3) is 0.500. The Morgan fingerprint density at radius 1 is 1.63 bits per heavy atom. The summed E-state index contributed by atoms with van der Waals surface area (Å²) in [5, 5.41) is 8.92. The van der Waals surface area contributed by atoms with Gasteiger partial charge in [-0.25, -0.2) is 0 Å². The Hall–Kier alpha value is -0.950. The maximum absolute atomic E-state index is 12.4. The van der Waals surface area contributed by atoms with Gasteiger partial charge in [-0.15, -0.1) is 0 Å². The molecule has 1 saturated heterocycles. The molecule has 1 aliphatic heterocycles. The second-order valence-corrected chi connectivity index (χ2v) is 6.32. The molecule has 0 bridgehead atoms. The van der Waals surface area contributed by atoms with E-state index in [1.54, 1.807) is 29.7 Å². The second-order valence-electron chi connectivity index (χ2n) is 4.39. The Morgan fingerprint density at radius 3 is 2.95 bits per heavy atom. The summed E-state index contributed by atoms with van der Waals surface area (Å²) < 4.78 is 5.86. The SMILES string of the molecule is Cc1cc(Br)oc1C(=O)N1CCSCC1CC(=O)O. The number of aryl methyl sites for hydroxylation is 1. The molecule has 1 N–H and O–H groups in total. The van der Waals surface area contributed by atoms with E-state index in [0.717, 1.165) is 11.3 Å². The minimum atomic E-state index is -0.886. The molecule has 1 atom stereocenters. The summed E-state index contributed by atoms with van der Waals surface area (Å²) in [4.78, 5) is 24.9. The van der Waals surface area contributed by atoms with Crippen LogP contribution in [0.15, 0.2) is 15.2 Å². The van der Waals surface area contributed by atoms with Crippen molar-refractivity contribution in [3.05, 3.63) is 22.1 Å². The first-order valence-electron chi connectivity index (χ1n) is 5.85. The lowest BCUT2D eigenvalue weighted by Gasteiger charge is -2.34. The molecule has 2 heterocycles.